The third-order valence-corrected chi connectivity index (χ3v) is 2.34. The molecule has 0 aliphatic rings. The van der Waals surface area contributed by atoms with Crippen molar-refractivity contribution in [1.29, 1.82) is 0 Å². The van der Waals surface area contributed by atoms with Gasteiger partial charge in [0, 0.05) is 17.8 Å². The lowest BCUT2D eigenvalue weighted by molar-refractivity contribution is 0.188. The zero-order valence-corrected chi connectivity index (χ0v) is 8.01. The van der Waals surface area contributed by atoms with Gasteiger partial charge in [-0.3, -0.25) is 0 Å². The average molecular weight is 191 g/mol. The zero-order valence-electron chi connectivity index (χ0n) is 8.01. The molecule has 14 heavy (non-hydrogen) atoms. The number of nitrogens with zero attached hydrogens (tertiary/aromatic N) is 2. The third kappa shape index (κ3) is 1.29. The first-order valence-electron chi connectivity index (χ1n) is 4.55. The Hall–Kier alpha value is -1.39. The second kappa shape index (κ2) is 3.40. The highest BCUT2D eigenvalue weighted by molar-refractivity contribution is 5.55. The molecule has 0 saturated heterocycles. The Morgan fingerprint density at radius 3 is 3.07 bits per heavy atom. The molecule has 2 heterocycles. The van der Waals surface area contributed by atoms with E-state index >= 15 is 0 Å². The number of aryl methyl sites for hydroxylation is 1. The van der Waals surface area contributed by atoms with Gasteiger partial charge in [0.05, 0.1) is 17.8 Å². The molecule has 1 atom stereocenters. The normalized spacial score (nSPS) is 13.4. The molecule has 1 unspecified atom stereocenters. The molecule has 0 aromatic carbocycles. The summed E-state index contributed by atoms with van der Waals surface area (Å²) in [5, 5.41) is 13.8. The molecule has 0 saturated carbocycles. The first-order valence-corrected chi connectivity index (χ1v) is 4.55. The second-order valence-corrected chi connectivity index (χ2v) is 3.32. The molecule has 2 rings (SSSR count). The monoisotopic (exact) mass is 191 g/mol. The van der Waals surface area contributed by atoms with Gasteiger partial charge in [-0.1, -0.05) is 6.07 Å². The van der Waals surface area contributed by atoms with Gasteiger partial charge in [0.2, 0.25) is 0 Å². The van der Waals surface area contributed by atoms with Gasteiger partial charge in [0.1, 0.15) is 0 Å². The van der Waals surface area contributed by atoms with E-state index in [-0.39, 0.29) is 6.54 Å². The molecule has 4 heteroatoms. The number of hydrogen-bond acceptors (Lipinski definition) is 3. The van der Waals surface area contributed by atoms with Crippen LogP contribution in [-0.2, 0) is 0 Å². The number of hydrogen-bond donors (Lipinski definition) is 2. The largest absolute Gasteiger partial charge is 0.387 e. The van der Waals surface area contributed by atoms with Crippen molar-refractivity contribution in [3.05, 3.63) is 35.7 Å². The van der Waals surface area contributed by atoms with Crippen LogP contribution in [0.4, 0.5) is 0 Å². The van der Waals surface area contributed by atoms with Crippen molar-refractivity contribution in [2.45, 2.75) is 13.0 Å². The summed E-state index contributed by atoms with van der Waals surface area (Å²) in [6.45, 7) is 2.19. The maximum Gasteiger partial charge on any atom is 0.0948 e. The van der Waals surface area contributed by atoms with E-state index in [1.165, 1.54) is 0 Å². The van der Waals surface area contributed by atoms with Crippen molar-refractivity contribution >= 4 is 5.52 Å². The number of aromatic nitrogens is 2. The summed E-state index contributed by atoms with van der Waals surface area (Å²) < 4.78 is 1.80. The van der Waals surface area contributed by atoms with E-state index in [2.05, 4.69) is 5.10 Å². The van der Waals surface area contributed by atoms with Gasteiger partial charge in [0.25, 0.3) is 0 Å². The van der Waals surface area contributed by atoms with E-state index in [0.29, 0.717) is 0 Å². The first-order chi connectivity index (χ1) is 6.74. The van der Waals surface area contributed by atoms with Gasteiger partial charge in [-0.05, 0) is 19.1 Å². The van der Waals surface area contributed by atoms with Crippen molar-refractivity contribution < 1.29 is 5.11 Å². The number of aliphatic hydroxyl groups is 1. The first kappa shape index (κ1) is 9.18. The predicted octanol–water partition coefficient (Wildman–Crippen LogP) is 0.635. The van der Waals surface area contributed by atoms with Gasteiger partial charge >= 0.3 is 0 Å². The Kier molecular flexibility index (Phi) is 2.23. The summed E-state index contributed by atoms with van der Waals surface area (Å²) in [5.74, 6) is 0. The van der Waals surface area contributed by atoms with Gasteiger partial charge in [-0.15, -0.1) is 0 Å². The van der Waals surface area contributed by atoms with Crippen LogP contribution < -0.4 is 5.73 Å². The molecule has 0 bridgehead atoms. The summed E-state index contributed by atoms with van der Waals surface area (Å²) in [6, 6.07) is 5.84. The molecule has 4 nitrogen and oxygen atoms in total. The lowest BCUT2D eigenvalue weighted by Gasteiger charge is -2.05. The van der Waals surface area contributed by atoms with E-state index in [4.69, 9.17) is 5.73 Å². The lowest BCUT2D eigenvalue weighted by Crippen LogP contribution is -2.11. The quantitative estimate of drug-likeness (QED) is 0.732. The number of aliphatic hydroxyl groups excluding tert-OH is 1. The fourth-order valence-electron chi connectivity index (χ4n) is 1.55. The van der Waals surface area contributed by atoms with Gasteiger partial charge < -0.3 is 10.8 Å². The molecular formula is C10H13N3O. The fraction of sp³-hybridized carbons (Fsp3) is 0.300. The van der Waals surface area contributed by atoms with Gasteiger partial charge in [0.15, 0.2) is 0 Å². The maximum absolute atomic E-state index is 9.63. The lowest BCUT2D eigenvalue weighted by atomic mass is 10.1. The maximum atomic E-state index is 9.63. The zero-order chi connectivity index (χ0) is 10.1. The molecule has 0 aliphatic heterocycles. The van der Waals surface area contributed by atoms with Crippen LogP contribution in [-0.4, -0.2) is 21.3 Å². The van der Waals surface area contributed by atoms with E-state index < -0.39 is 6.10 Å². The van der Waals surface area contributed by atoms with Crippen molar-refractivity contribution in [1.82, 2.24) is 9.61 Å². The van der Waals surface area contributed by atoms with Crippen LogP contribution in [0.2, 0.25) is 0 Å². The summed E-state index contributed by atoms with van der Waals surface area (Å²) in [4.78, 5) is 0. The molecule has 74 valence electrons. The van der Waals surface area contributed by atoms with Crippen LogP contribution in [0.3, 0.4) is 0 Å². The Balaban J connectivity index is 2.63. The molecule has 0 fully saturated rings. The number of nitrogens with two attached hydrogens (primary N) is 1. The molecule has 0 spiro atoms. The summed E-state index contributed by atoms with van der Waals surface area (Å²) >= 11 is 0. The minimum Gasteiger partial charge on any atom is -0.387 e. The van der Waals surface area contributed by atoms with Crippen LogP contribution in [0.5, 0.6) is 0 Å². The molecular weight excluding hydrogens is 178 g/mol. The number of pyridine rings is 1. The van der Waals surface area contributed by atoms with Crippen molar-refractivity contribution in [2.24, 2.45) is 5.73 Å². The van der Waals surface area contributed by atoms with E-state index in [1.807, 2.05) is 25.1 Å². The Bertz CT molecular complexity index is 450. The molecule has 2 aromatic rings. The van der Waals surface area contributed by atoms with Crippen LogP contribution >= 0.6 is 0 Å². The third-order valence-electron chi connectivity index (χ3n) is 2.34. The van der Waals surface area contributed by atoms with Crippen LogP contribution in [0.25, 0.3) is 5.52 Å². The minimum atomic E-state index is -0.630. The molecule has 0 amide bonds. The van der Waals surface area contributed by atoms with Crippen molar-refractivity contribution in [3.8, 4) is 0 Å². The van der Waals surface area contributed by atoms with Crippen molar-refractivity contribution in [2.75, 3.05) is 6.54 Å². The number of rotatable bonds is 2. The van der Waals surface area contributed by atoms with E-state index in [1.54, 1.807) is 10.7 Å². The molecule has 0 aliphatic carbocycles. The second-order valence-electron chi connectivity index (χ2n) is 3.32. The fourth-order valence-corrected chi connectivity index (χ4v) is 1.55. The van der Waals surface area contributed by atoms with Crippen LogP contribution in [0.1, 0.15) is 17.4 Å². The SMILES string of the molecule is Cc1cccc2c(C(O)CN)cnn12. The van der Waals surface area contributed by atoms with E-state index in [0.717, 1.165) is 16.8 Å². The highest BCUT2D eigenvalue weighted by Crippen LogP contribution is 2.18. The smallest absolute Gasteiger partial charge is 0.0948 e. The summed E-state index contributed by atoms with van der Waals surface area (Å²) in [5.41, 5.74) is 8.15. The van der Waals surface area contributed by atoms with Crippen LogP contribution in [0, 0.1) is 6.92 Å². The average Bonchev–Trinajstić information content (AvgIpc) is 2.62. The standard InChI is InChI=1S/C10H13N3O/c1-7-3-2-4-9-8(10(14)5-11)6-12-13(7)9/h2-4,6,10,14H,5,11H2,1H3. The molecule has 3 N–H and O–H groups in total. The highest BCUT2D eigenvalue weighted by atomic mass is 16.3. The highest BCUT2D eigenvalue weighted by Gasteiger charge is 2.11. The Morgan fingerprint density at radius 1 is 1.57 bits per heavy atom. The van der Waals surface area contributed by atoms with Gasteiger partial charge in [-0.25, -0.2) is 4.52 Å². The summed E-state index contributed by atoms with van der Waals surface area (Å²) in [6.07, 6.45) is 1.04. The topological polar surface area (TPSA) is 63.5 Å². The summed E-state index contributed by atoms with van der Waals surface area (Å²) in [7, 11) is 0. The van der Waals surface area contributed by atoms with Crippen LogP contribution in [0.15, 0.2) is 24.4 Å². The van der Waals surface area contributed by atoms with Gasteiger partial charge in [-0.2, -0.15) is 5.10 Å². The Morgan fingerprint density at radius 2 is 2.36 bits per heavy atom. The number of fused-ring (bicyclic) bond motifs is 1. The molecule has 0 radical (unpaired) electrons. The Labute approximate surface area is 82.0 Å². The minimum absolute atomic E-state index is 0.218. The predicted molar refractivity (Wildman–Crippen MR) is 53.9 cm³/mol. The van der Waals surface area contributed by atoms with Crippen molar-refractivity contribution in [3.63, 3.8) is 0 Å². The van der Waals surface area contributed by atoms with E-state index in [9.17, 15) is 5.11 Å². The molecule has 2 aromatic heterocycles.